The molecule has 17 heavy (non-hydrogen) atoms. The molecule has 0 aliphatic rings. The van der Waals surface area contributed by atoms with Gasteiger partial charge < -0.3 is 10.1 Å². The number of hydrogen-bond acceptors (Lipinski definition) is 4. The zero-order valence-corrected chi connectivity index (χ0v) is 11.3. The van der Waals surface area contributed by atoms with E-state index in [9.17, 15) is 0 Å². The van der Waals surface area contributed by atoms with Gasteiger partial charge in [0.1, 0.15) is 0 Å². The second kappa shape index (κ2) is 5.47. The van der Waals surface area contributed by atoms with Crippen LogP contribution >= 0.6 is 11.3 Å². The van der Waals surface area contributed by atoms with Gasteiger partial charge >= 0.3 is 0 Å². The number of thiazole rings is 1. The first-order valence-corrected chi connectivity index (χ1v) is 6.70. The van der Waals surface area contributed by atoms with Gasteiger partial charge in [-0.2, -0.15) is 0 Å². The summed E-state index contributed by atoms with van der Waals surface area (Å²) in [5.74, 6) is 0. The number of aromatic nitrogens is 1. The Morgan fingerprint density at radius 2 is 2.29 bits per heavy atom. The number of methoxy groups -OCH3 is 1. The monoisotopic (exact) mass is 250 g/mol. The normalized spacial score (nSPS) is 12.9. The van der Waals surface area contributed by atoms with Gasteiger partial charge in [0.15, 0.2) is 5.13 Å². The van der Waals surface area contributed by atoms with Crippen LogP contribution in [0.1, 0.15) is 19.4 Å². The van der Waals surface area contributed by atoms with Crippen LogP contribution in [0.4, 0.5) is 5.13 Å². The van der Waals surface area contributed by atoms with Crippen LogP contribution in [-0.4, -0.2) is 24.7 Å². The molecule has 1 unspecified atom stereocenters. The Bertz CT molecular complexity index is 495. The number of nitrogens with one attached hydrogen (secondary N) is 1. The number of nitrogens with zero attached hydrogens (tertiary/aromatic N) is 1. The highest BCUT2D eigenvalue weighted by molar-refractivity contribution is 7.22. The second-order valence-electron chi connectivity index (χ2n) is 4.14. The molecule has 1 heterocycles. The first kappa shape index (κ1) is 12.3. The number of para-hydroxylation sites is 1. The maximum Gasteiger partial charge on any atom is 0.184 e. The summed E-state index contributed by atoms with van der Waals surface area (Å²) in [5, 5.41) is 4.34. The zero-order valence-electron chi connectivity index (χ0n) is 10.5. The Morgan fingerprint density at radius 3 is 3.00 bits per heavy atom. The molecule has 1 N–H and O–H groups in total. The van der Waals surface area contributed by atoms with Crippen LogP contribution in [0.25, 0.3) is 10.2 Å². The van der Waals surface area contributed by atoms with Crippen molar-refractivity contribution in [1.82, 2.24) is 4.98 Å². The van der Waals surface area contributed by atoms with Crippen LogP contribution in [0, 0.1) is 0 Å². The molecule has 0 aliphatic carbocycles. The number of ether oxygens (including phenoxy) is 1. The number of hydrogen-bond donors (Lipinski definition) is 1. The molecule has 2 aromatic rings. The lowest BCUT2D eigenvalue weighted by molar-refractivity contribution is 0.190. The standard InChI is InChI=1S/C13H18N2OS/c1-4-10-6-5-7-11-12(10)15-13(17-11)14-9(2)8-16-3/h5-7,9H,4,8H2,1-3H3,(H,14,15). The fourth-order valence-electron chi connectivity index (χ4n) is 1.86. The van der Waals surface area contributed by atoms with Gasteiger partial charge in [0.05, 0.1) is 16.8 Å². The smallest absolute Gasteiger partial charge is 0.184 e. The quantitative estimate of drug-likeness (QED) is 0.884. The summed E-state index contributed by atoms with van der Waals surface area (Å²) >= 11 is 1.70. The first-order valence-electron chi connectivity index (χ1n) is 5.88. The van der Waals surface area contributed by atoms with Crippen molar-refractivity contribution in [3.05, 3.63) is 23.8 Å². The fourth-order valence-corrected chi connectivity index (χ4v) is 2.88. The van der Waals surface area contributed by atoms with E-state index in [4.69, 9.17) is 4.74 Å². The topological polar surface area (TPSA) is 34.1 Å². The van der Waals surface area contributed by atoms with E-state index >= 15 is 0 Å². The van der Waals surface area contributed by atoms with Crippen molar-refractivity contribution in [3.63, 3.8) is 0 Å². The van der Waals surface area contributed by atoms with E-state index in [1.807, 2.05) is 0 Å². The largest absolute Gasteiger partial charge is 0.383 e. The lowest BCUT2D eigenvalue weighted by Gasteiger charge is -2.10. The number of fused-ring (bicyclic) bond motifs is 1. The SMILES string of the molecule is CCc1cccc2sc(NC(C)COC)nc12. The van der Waals surface area contributed by atoms with Gasteiger partial charge in [-0.25, -0.2) is 4.98 Å². The Hall–Kier alpha value is -1.13. The second-order valence-corrected chi connectivity index (χ2v) is 5.17. The molecule has 0 aliphatic heterocycles. The van der Waals surface area contributed by atoms with Gasteiger partial charge in [-0.15, -0.1) is 0 Å². The van der Waals surface area contributed by atoms with E-state index in [0.717, 1.165) is 17.1 Å². The van der Waals surface area contributed by atoms with Crippen molar-refractivity contribution in [1.29, 1.82) is 0 Å². The Morgan fingerprint density at radius 1 is 1.47 bits per heavy atom. The number of rotatable bonds is 5. The Labute approximate surface area is 106 Å². The predicted octanol–water partition coefficient (Wildman–Crippen LogP) is 3.31. The summed E-state index contributed by atoms with van der Waals surface area (Å²) in [5.41, 5.74) is 2.44. The van der Waals surface area contributed by atoms with E-state index in [1.54, 1.807) is 18.4 Å². The van der Waals surface area contributed by atoms with Gasteiger partial charge in [0.25, 0.3) is 0 Å². The van der Waals surface area contributed by atoms with Gasteiger partial charge in [0.2, 0.25) is 0 Å². The minimum absolute atomic E-state index is 0.283. The molecule has 0 saturated heterocycles. The van der Waals surface area contributed by atoms with Crippen LogP contribution in [0.3, 0.4) is 0 Å². The molecular formula is C13H18N2OS. The molecule has 0 amide bonds. The molecule has 1 aromatic heterocycles. The van der Waals surface area contributed by atoms with Gasteiger partial charge in [0, 0.05) is 13.2 Å². The summed E-state index contributed by atoms with van der Waals surface area (Å²) in [6, 6.07) is 6.65. The van der Waals surface area contributed by atoms with Crippen molar-refractivity contribution in [2.24, 2.45) is 0 Å². The van der Waals surface area contributed by atoms with Crippen LogP contribution in [0.15, 0.2) is 18.2 Å². The van der Waals surface area contributed by atoms with E-state index in [-0.39, 0.29) is 6.04 Å². The molecule has 0 radical (unpaired) electrons. The highest BCUT2D eigenvalue weighted by atomic mass is 32.1. The summed E-state index contributed by atoms with van der Waals surface area (Å²) < 4.78 is 6.36. The summed E-state index contributed by atoms with van der Waals surface area (Å²) in [6.07, 6.45) is 1.02. The number of aryl methyl sites for hydroxylation is 1. The zero-order chi connectivity index (χ0) is 12.3. The van der Waals surface area contributed by atoms with Gasteiger partial charge in [-0.3, -0.25) is 0 Å². The summed E-state index contributed by atoms with van der Waals surface area (Å²) in [4.78, 5) is 4.66. The third kappa shape index (κ3) is 2.76. The van der Waals surface area contributed by atoms with Crippen LogP contribution in [0.5, 0.6) is 0 Å². The molecule has 4 heteroatoms. The van der Waals surface area contributed by atoms with Crippen molar-refractivity contribution >= 4 is 26.7 Å². The summed E-state index contributed by atoms with van der Waals surface area (Å²) in [7, 11) is 1.71. The van der Waals surface area contributed by atoms with Crippen molar-refractivity contribution in [2.45, 2.75) is 26.3 Å². The molecule has 92 valence electrons. The molecule has 1 aromatic carbocycles. The lowest BCUT2D eigenvalue weighted by Crippen LogP contribution is -2.20. The molecular weight excluding hydrogens is 232 g/mol. The average Bonchev–Trinajstić information content (AvgIpc) is 2.70. The van der Waals surface area contributed by atoms with Crippen molar-refractivity contribution in [2.75, 3.05) is 19.0 Å². The minimum atomic E-state index is 0.283. The van der Waals surface area contributed by atoms with E-state index in [1.165, 1.54) is 10.3 Å². The first-order chi connectivity index (χ1) is 8.24. The molecule has 0 bridgehead atoms. The van der Waals surface area contributed by atoms with Gasteiger partial charge in [-0.05, 0) is 25.0 Å². The van der Waals surface area contributed by atoms with Crippen LogP contribution in [-0.2, 0) is 11.2 Å². The highest BCUT2D eigenvalue weighted by Crippen LogP contribution is 2.28. The van der Waals surface area contributed by atoms with Gasteiger partial charge in [-0.1, -0.05) is 30.4 Å². The maximum absolute atomic E-state index is 5.11. The van der Waals surface area contributed by atoms with E-state index in [0.29, 0.717) is 6.61 Å². The lowest BCUT2D eigenvalue weighted by atomic mass is 10.1. The average molecular weight is 250 g/mol. The molecule has 0 saturated carbocycles. The van der Waals surface area contributed by atoms with Crippen LogP contribution < -0.4 is 5.32 Å². The summed E-state index contributed by atoms with van der Waals surface area (Å²) in [6.45, 7) is 4.95. The number of benzene rings is 1. The Kier molecular flexibility index (Phi) is 3.97. The fraction of sp³-hybridized carbons (Fsp3) is 0.462. The molecule has 3 nitrogen and oxygen atoms in total. The molecule has 2 rings (SSSR count). The molecule has 0 spiro atoms. The maximum atomic E-state index is 5.11. The van der Waals surface area contributed by atoms with Crippen molar-refractivity contribution in [3.8, 4) is 0 Å². The highest BCUT2D eigenvalue weighted by Gasteiger charge is 2.09. The molecule has 0 fully saturated rings. The third-order valence-electron chi connectivity index (χ3n) is 2.67. The minimum Gasteiger partial charge on any atom is -0.383 e. The predicted molar refractivity (Wildman–Crippen MR) is 74.0 cm³/mol. The van der Waals surface area contributed by atoms with Crippen molar-refractivity contribution < 1.29 is 4.74 Å². The third-order valence-corrected chi connectivity index (χ3v) is 3.62. The van der Waals surface area contributed by atoms with E-state index in [2.05, 4.69) is 42.3 Å². The Balaban J connectivity index is 2.25. The van der Waals surface area contributed by atoms with E-state index < -0.39 is 0 Å². The molecule has 1 atom stereocenters. The number of anilines is 1. The van der Waals surface area contributed by atoms with Crippen LogP contribution in [0.2, 0.25) is 0 Å².